The number of ether oxygens (including phenoxy) is 1. The molecule has 7 heteroatoms. The second-order valence-corrected chi connectivity index (χ2v) is 4.67. The van der Waals surface area contributed by atoms with Gasteiger partial charge in [-0.05, 0) is 19.3 Å². The molecule has 7 nitrogen and oxygen atoms in total. The maximum Gasteiger partial charge on any atom is 0.322 e. The number of amides is 2. The molecule has 1 atom stereocenters. The molecule has 2 amide bonds. The van der Waals surface area contributed by atoms with Gasteiger partial charge in [-0.15, -0.1) is 5.92 Å². The molecule has 0 bridgehead atoms. The van der Waals surface area contributed by atoms with Crippen molar-refractivity contribution in [2.45, 2.75) is 38.2 Å². The van der Waals surface area contributed by atoms with Crippen LogP contribution in [0.25, 0.3) is 0 Å². The van der Waals surface area contributed by atoms with E-state index in [-0.39, 0.29) is 19.3 Å². The van der Waals surface area contributed by atoms with Crippen LogP contribution in [0.2, 0.25) is 0 Å². The van der Waals surface area contributed by atoms with Crippen molar-refractivity contribution in [3.63, 3.8) is 0 Å². The molecule has 0 radical (unpaired) electrons. The van der Waals surface area contributed by atoms with Gasteiger partial charge in [0, 0.05) is 6.42 Å². The van der Waals surface area contributed by atoms with Crippen LogP contribution in [0.4, 0.5) is 0 Å². The molecule has 0 aromatic carbocycles. The molecule has 0 saturated heterocycles. The van der Waals surface area contributed by atoms with Crippen molar-refractivity contribution >= 4 is 17.8 Å². The molecule has 0 fully saturated rings. The molecule has 0 aliphatic heterocycles. The van der Waals surface area contributed by atoms with Crippen molar-refractivity contribution in [1.29, 1.82) is 0 Å². The molecular weight excluding hydrogens is 276 g/mol. The van der Waals surface area contributed by atoms with Gasteiger partial charge in [0.05, 0.1) is 6.54 Å². The van der Waals surface area contributed by atoms with Gasteiger partial charge in [0.25, 0.3) is 0 Å². The van der Waals surface area contributed by atoms with Crippen LogP contribution in [0.3, 0.4) is 0 Å². The fraction of sp³-hybridized carbons (Fsp3) is 0.643. The van der Waals surface area contributed by atoms with Crippen molar-refractivity contribution < 1.29 is 24.2 Å². The number of hydrogen-bond donors (Lipinski definition) is 3. The summed E-state index contributed by atoms with van der Waals surface area (Å²) in [5, 5.41) is 12.9. The highest BCUT2D eigenvalue weighted by atomic mass is 16.5. The number of hydrogen-bond acceptors (Lipinski definition) is 4. The maximum atomic E-state index is 11.5. The Morgan fingerprint density at radius 2 is 1.86 bits per heavy atom. The minimum Gasteiger partial charge on any atom is -0.480 e. The number of rotatable bonds is 7. The Morgan fingerprint density at radius 1 is 1.10 bits per heavy atom. The van der Waals surface area contributed by atoms with Crippen molar-refractivity contribution in [2.24, 2.45) is 0 Å². The van der Waals surface area contributed by atoms with Gasteiger partial charge >= 0.3 is 5.97 Å². The van der Waals surface area contributed by atoms with E-state index in [1.54, 1.807) is 0 Å². The summed E-state index contributed by atoms with van der Waals surface area (Å²) in [5.41, 5.74) is 0. The first kappa shape index (κ1) is 17.0. The lowest BCUT2D eigenvalue weighted by Crippen LogP contribution is -2.40. The number of carboxylic acids is 1. The molecule has 0 aromatic heterocycles. The van der Waals surface area contributed by atoms with Crippen LogP contribution in [0, 0.1) is 11.8 Å². The molecule has 21 heavy (non-hydrogen) atoms. The smallest absolute Gasteiger partial charge is 0.322 e. The standard InChI is InChI=1S/C14H20N2O5/c17-12(16-9-14(19)20)8-15-13(18)10-21-11-6-4-2-1-3-5-7-11/h11H,1-4,6,8-10H2,(H,15,18)(H,16,17)(H,19,20). The zero-order valence-corrected chi connectivity index (χ0v) is 11.8. The van der Waals surface area contributed by atoms with E-state index in [4.69, 9.17) is 9.84 Å². The Morgan fingerprint density at radius 3 is 2.62 bits per heavy atom. The topological polar surface area (TPSA) is 105 Å². The van der Waals surface area contributed by atoms with Gasteiger partial charge in [0.2, 0.25) is 11.8 Å². The lowest BCUT2D eigenvalue weighted by Gasteiger charge is -2.13. The van der Waals surface area contributed by atoms with Crippen LogP contribution < -0.4 is 10.6 Å². The molecule has 0 spiro atoms. The molecular formula is C14H20N2O5. The monoisotopic (exact) mass is 296 g/mol. The summed E-state index contributed by atoms with van der Waals surface area (Å²) in [6.45, 7) is -0.903. The van der Waals surface area contributed by atoms with Crippen LogP contribution >= 0.6 is 0 Å². The molecule has 1 aliphatic carbocycles. The molecule has 0 saturated carbocycles. The van der Waals surface area contributed by atoms with Gasteiger partial charge in [-0.25, -0.2) is 0 Å². The molecule has 1 unspecified atom stereocenters. The Balaban J connectivity index is 2.18. The maximum absolute atomic E-state index is 11.5. The third-order valence-corrected chi connectivity index (χ3v) is 2.83. The first-order valence-corrected chi connectivity index (χ1v) is 6.93. The lowest BCUT2D eigenvalue weighted by molar-refractivity contribution is -0.137. The van der Waals surface area contributed by atoms with E-state index in [1.165, 1.54) is 0 Å². The van der Waals surface area contributed by atoms with Gasteiger partial charge < -0.3 is 20.5 Å². The third-order valence-electron chi connectivity index (χ3n) is 2.83. The predicted octanol–water partition coefficient (Wildman–Crippen LogP) is -0.344. The van der Waals surface area contributed by atoms with Gasteiger partial charge in [0.1, 0.15) is 19.3 Å². The highest BCUT2D eigenvalue weighted by Gasteiger charge is 2.11. The van der Waals surface area contributed by atoms with Crippen LogP contribution in [0.15, 0.2) is 0 Å². The highest BCUT2D eigenvalue weighted by molar-refractivity contribution is 5.86. The number of aliphatic carboxylic acids is 1. The summed E-state index contributed by atoms with van der Waals surface area (Å²) in [7, 11) is 0. The summed E-state index contributed by atoms with van der Waals surface area (Å²) in [6.07, 6.45) is 4.67. The number of carbonyl (C=O) groups excluding carboxylic acids is 2. The fourth-order valence-corrected chi connectivity index (χ4v) is 1.75. The van der Waals surface area contributed by atoms with E-state index >= 15 is 0 Å². The van der Waals surface area contributed by atoms with Gasteiger partial charge in [-0.3, -0.25) is 14.4 Å². The van der Waals surface area contributed by atoms with E-state index in [0.29, 0.717) is 0 Å². The van der Waals surface area contributed by atoms with Gasteiger partial charge in [-0.1, -0.05) is 12.3 Å². The van der Waals surface area contributed by atoms with E-state index in [9.17, 15) is 14.4 Å². The van der Waals surface area contributed by atoms with E-state index < -0.39 is 24.3 Å². The second kappa shape index (κ2) is 9.77. The largest absolute Gasteiger partial charge is 0.480 e. The molecule has 116 valence electrons. The fourth-order valence-electron chi connectivity index (χ4n) is 1.75. The third kappa shape index (κ3) is 8.65. The highest BCUT2D eigenvalue weighted by Crippen LogP contribution is 2.10. The Kier molecular flexibility index (Phi) is 7.90. The van der Waals surface area contributed by atoms with Gasteiger partial charge in [0.15, 0.2) is 0 Å². The lowest BCUT2D eigenvalue weighted by atomic mass is 10.1. The van der Waals surface area contributed by atoms with Crippen LogP contribution in [0.1, 0.15) is 32.1 Å². The van der Waals surface area contributed by atoms with Crippen LogP contribution in [-0.2, 0) is 19.1 Å². The molecule has 1 rings (SSSR count). The molecule has 0 heterocycles. The Bertz CT molecular complexity index is 438. The first-order chi connectivity index (χ1) is 10.1. The van der Waals surface area contributed by atoms with Crippen molar-refractivity contribution in [2.75, 3.05) is 19.7 Å². The molecule has 1 aliphatic rings. The number of nitrogens with one attached hydrogen (secondary N) is 2. The zero-order valence-electron chi connectivity index (χ0n) is 11.8. The van der Waals surface area contributed by atoms with Crippen molar-refractivity contribution in [1.82, 2.24) is 10.6 Å². The summed E-state index contributed by atoms with van der Waals surface area (Å²) < 4.78 is 5.40. The Labute approximate surface area is 123 Å². The molecule has 0 aromatic rings. The Hall–Kier alpha value is -2.07. The van der Waals surface area contributed by atoms with Crippen LogP contribution in [0.5, 0.6) is 0 Å². The minimum absolute atomic E-state index is 0.161. The SMILES string of the molecule is O=C(O)CNC(=O)CNC(=O)COC1C#CCCCCC1. The number of carbonyl (C=O) groups is 3. The normalized spacial score (nSPS) is 17.6. The average Bonchev–Trinajstić information content (AvgIpc) is 2.41. The quantitative estimate of drug-likeness (QED) is 0.557. The summed E-state index contributed by atoms with van der Waals surface area (Å²) in [5.74, 6) is 3.87. The van der Waals surface area contributed by atoms with Crippen molar-refractivity contribution in [3.05, 3.63) is 0 Å². The molecule has 3 N–H and O–H groups in total. The van der Waals surface area contributed by atoms with Gasteiger partial charge in [-0.2, -0.15) is 0 Å². The zero-order chi connectivity index (χ0) is 15.5. The van der Waals surface area contributed by atoms with Crippen LogP contribution in [-0.4, -0.2) is 48.7 Å². The van der Waals surface area contributed by atoms with E-state index in [0.717, 1.165) is 32.1 Å². The minimum atomic E-state index is -1.14. The van der Waals surface area contributed by atoms with Crippen molar-refractivity contribution in [3.8, 4) is 11.8 Å². The summed E-state index contributed by atoms with van der Waals surface area (Å²) in [6, 6.07) is 0. The predicted molar refractivity (Wildman–Crippen MR) is 74.3 cm³/mol. The van der Waals surface area contributed by atoms with E-state index in [1.807, 2.05) is 0 Å². The average molecular weight is 296 g/mol. The summed E-state index contributed by atoms with van der Waals surface area (Å²) in [4.78, 5) is 32.9. The summed E-state index contributed by atoms with van der Waals surface area (Å²) >= 11 is 0. The first-order valence-electron chi connectivity index (χ1n) is 6.93. The number of carboxylic acid groups (broad SMARTS) is 1. The van der Waals surface area contributed by atoms with E-state index in [2.05, 4.69) is 22.5 Å². The second-order valence-electron chi connectivity index (χ2n) is 4.67.